The van der Waals surface area contributed by atoms with Gasteiger partial charge in [0, 0.05) is 5.54 Å². The van der Waals surface area contributed by atoms with Crippen molar-refractivity contribution in [3.05, 3.63) is 65.5 Å². The molecule has 2 aliphatic rings. The summed E-state index contributed by atoms with van der Waals surface area (Å²) in [5, 5.41) is 13.5. The molecule has 0 unspecified atom stereocenters. The summed E-state index contributed by atoms with van der Waals surface area (Å²) in [6, 6.07) is 14.8. The lowest BCUT2D eigenvalue weighted by molar-refractivity contribution is -0.146. The molecule has 0 amide bonds. The van der Waals surface area contributed by atoms with Crippen molar-refractivity contribution >= 4 is 0 Å². The van der Waals surface area contributed by atoms with Crippen molar-refractivity contribution < 1.29 is 17.9 Å². The predicted octanol–water partition coefficient (Wildman–Crippen LogP) is 3.83. The standard InChI is InChI=1S/C24H27F3N6O/c25-24(26,27)22-30-31-32-33(22)19-9-10-20(34-15-16-7-8-16)18(13-19)14-23(28)11-4-12-29-21(23)17-5-2-1-3-6-17/h1-3,5-6,9-10,13,16,21,29H,4,7-8,11-12,14-15,28H2/t21-,23-/m0/s1. The largest absolute Gasteiger partial charge is 0.493 e. The van der Waals surface area contributed by atoms with Gasteiger partial charge >= 0.3 is 6.18 Å². The second kappa shape index (κ2) is 8.99. The number of halogens is 3. The second-order valence-electron chi connectivity index (χ2n) is 9.27. The van der Waals surface area contributed by atoms with E-state index in [2.05, 4.69) is 20.8 Å². The molecular weight excluding hydrogens is 445 g/mol. The van der Waals surface area contributed by atoms with Crippen molar-refractivity contribution in [1.29, 1.82) is 0 Å². The van der Waals surface area contributed by atoms with Crippen LogP contribution in [0.4, 0.5) is 13.2 Å². The number of ether oxygens (including phenoxy) is 1. The van der Waals surface area contributed by atoms with Crippen LogP contribution in [0.25, 0.3) is 5.69 Å². The van der Waals surface area contributed by atoms with Gasteiger partial charge in [-0.1, -0.05) is 30.3 Å². The zero-order chi connectivity index (χ0) is 23.8. The molecule has 1 aliphatic carbocycles. The van der Waals surface area contributed by atoms with Gasteiger partial charge < -0.3 is 15.8 Å². The molecule has 1 aromatic heterocycles. The number of nitrogens with zero attached hydrogens (tertiary/aromatic N) is 4. The first-order valence-electron chi connectivity index (χ1n) is 11.5. The number of tetrazole rings is 1. The summed E-state index contributed by atoms with van der Waals surface area (Å²) in [6.07, 6.45) is -0.308. The van der Waals surface area contributed by atoms with Crippen molar-refractivity contribution in [3.8, 4) is 11.4 Å². The Labute approximate surface area is 195 Å². The van der Waals surface area contributed by atoms with Crippen molar-refractivity contribution in [2.24, 2.45) is 11.7 Å². The fraction of sp³-hybridized carbons (Fsp3) is 0.458. The summed E-state index contributed by atoms with van der Waals surface area (Å²) in [5.41, 5.74) is 8.42. The van der Waals surface area contributed by atoms with Gasteiger partial charge in [0.2, 0.25) is 0 Å². The molecule has 0 spiro atoms. The van der Waals surface area contributed by atoms with Crippen LogP contribution in [0.2, 0.25) is 0 Å². The van der Waals surface area contributed by atoms with Crippen molar-refractivity contribution in [2.75, 3.05) is 13.2 Å². The molecular formula is C24H27F3N6O. The van der Waals surface area contributed by atoms with E-state index in [1.54, 1.807) is 18.2 Å². The predicted molar refractivity (Wildman–Crippen MR) is 119 cm³/mol. The Kier molecular flexibility index (Phi) is 6.03. The van der Waals surface area contributed by atoms with Gasteiger partial charge in [-0.3, -0.25) is 0 Å². The van der Waals surface area contributed by atoms with Gasteiger partial charge in [0.15, 0.2) is 0 Å². The molecule has 1 saturated carbocycles. The molecule has 1 aliphatic heterocycles. The molecule has 10 heteroatoms. The fourth-order valence-electron chi connectivity index (χ4n) is 4.66. The molecule has 2 fully saturated rings. The van der Waals surface area contributed by atoms with Crippen LogP contribution in [0, 0.1) is 5.92 Å². The highest BCUT2D eigenvalue weighted by Crippen LogP contribution is 2.38. The average molecular weight is 473 g/mol. The third-order valence-electron chi connectivity index (χ3n) is 6.58. The number of piperidine rings is 1. The van der Waals surface area contributed by atoms with E-state index in [4.69, 9.17) is 10.5 Å². The number of aromatic nitrogens is 4. The van der Waals surface area contributed by atoms with E-state index in [9.17, 15) is 13.2 Å². The number of alkyl halides is 3. The van der Waals surface area contributed by atoms with E-state index in [-0.39, 0.29) is 11.7 Å². The lowest BCUT2D eigenvalue weighted by atomic mass is 9.75. The fourth-order valence-corrected chi connectivity index (χ4v) is 4.66. The van der Waals surface area contributed by atoms with Crippen molar-refractivity contribution in [3.63, 3.8) is 0 Å². The molecule has 3 aromatic rings. The first-order valence-corrected chi connectivity index (χ1v) is 11.5. The SMILES string of the molecule is N[C@]1(Cc2cc(-n3nnnc3C(F)(F)F)ccc2OCC2CC2)CCCN[C@H]1c1ccccc1. The number of hydrogen-bond acceptors (Lipinski definition) is 6. The van der Waals surface area contributed by atoms with Crippen LogP contribution >= 0.6 is 0 Å². The van der Waals surface area contributed by atoms with Crippen LogP contribution < -0.4 is 15.8 Å². The van der Waals surface area contributed by atoms with Gasteiger partial charge in [0.05, 0.1) is 18.3 Å². The van der Waals surface area contributed by atoms with Gasteiger partial charge in [-0.25, -0.2) is 0 Å². The molecule has 2 atom stereocenters. The monoisotopic (exact) mass is 472 g/mol. The number of rotatable bonds is 7. The number of nitrogens with one attached hydrogen (secondary N) is 1. The number of nitrogens with two attached hydrogens (primary N) is 1. The number of benzene rings is 2. The molecule has 34 heavy (non-hydrogen) atoms. The normalized spacial score (nSPS) is 23.1. The van der Waals surface area contributed by atoms with E-state index in [0.717, 1.165) is 43.4 Å². The Morgan fingerprint density at radius 1 is 1.15 bits per heavy atom. The van der Waals surface area contributed by atoms with Crippen LogP contribution in [0.1, 0.15) is 48.7 Å². The zero-order valence-electron chi connectivity index (χ0n) is 18.6. The summed E-state index contributed by atoms with van der Waals surface area (Å²) in [6.45, 7) is 1.44. The smallest absolute Gasteiger partial charge is 0.453 e. The Hall–Kier alpha value is -2.98. The van der Waals surface area contributed by atoms with Gasteiger partial charge in [-0.05, 0) is 84.3 Å². The second-order valence-corrected chi connectivity index (χ2v) is 9.27. The van der Waals surface area contributed by atoms with Crippen LogP contribution in [0.15, 0.2) is 48.5 Å². The van der Waals surface area contributed by atoms with Crippen molar-refractivity contribution in [1.82, 2.24) is 25.5 Å². The maximum atomic E-state index is 13.4. The Balaban J connectivity index is 1.51. The minimum Gasteiger partial charge on any atom is -0.493 e. The Bertz CT molecular complexity index is 1130. The molecule has 7 nitrogen and oxygen atoms in total. The zero-order valence-corrected chi connectivity index (χ0v) is 18.6. The van der Waals surface area contributed by atoms with Crippen LogP contribution in [-0.2, 0) is 12.6 Å². The lowest BCUT2D eigenvalue weighted by Crippen LogP contribution is -2.56. The van der Waals surface area contributed by atoms with Crippen LogP contribution in [0.5, 0.6) is 5.75 Å². The highest BCUT2D eigenvalue weighted by atomic mass is 19.4. The number of hydrogen-bond donors (Lipinski definition) is 2. The van der Waals surface area contributed by atoms with Gasteiger partial charge in [0.25, 0.3) is 5.82 Å². The van der Waals surface area contributed by atoms with Crippen molar-refractivity contribution in [2.45, 2.75) is 49.9 Å². The van der Waals surface area contributed by atoms with Crippen LogP contribution in [0.3, 0.4) is 0 Å². The van der Waals surface area contributed by atoms with Crippen LogP contribution in [-0.4, -0.2) is 38.9 Å². The minimum absolute atomic E-state index is 0.0961. The molecule has 0 bridgehead atoms. The van der Waals surface area contributed by atoms with Gasteiger partial charge in [-0.2, -0.15) is 17.9 Å². The van der Waals surface area contributed by atoms with E-state index < -0.39 is 17.5 Å². The molecule has 2 aromatic carbocycles. The third kappa shape index (κ3) is 4.78. The highest BCUT2D eigenvalue weighted by molar-refractivity contribution is 5.46. The summed E-state index contributed by atoms with van der Waals surface area (Å²) in [7, 11) is 0. The summed E-state index contributed by atoms with van der Waals surface area (Å²) >= 11 is 0. The summed E-state index contributed by atoms with van der Waals surface area (Å²) in [5.74, 6) is -0.00215. The highest BCUT2D eigenvalue weighted by Gasteiger charge is 2.40. The summed E-state index contributed by atoms with van der Waals surface area (Å²) < 4.78 is 47.1. The maximum Gasteiger partial charge on any atom is 0.453 e. The third-order valence-corrected chi connectivity index (χ3v) is 6.58. The van der Waals surface area contributed by atoms with E-state index in [1.165, 1.54) is 0 Å². The topological polar surface area (TPSA) is 90.9 Å². The molecule has 5 rings (SSSR count). The first kappa shape index (κ1) is 22.8. The maximum absolute atomic E-state index is 13.4. The van der Waals surface area contributed by atoms with E-state index >= 15 is 0 Å². The Morgan fingerprint density at radius 3 is 2.68 bits per heavy atom. The van der Waals surface area contributed by atoms with Gasteiger partial charge in [-0.15, -0.1) is 5.10 Å². The van der Waals surface area contributed by atoms with E-state index in [1.807, 2.05) is 30.3 Å². The quantitative estimate of drug-likeness (QED) is 0.543. The minimum atomic E-state index is -4.68. The first-order chi connectivity index (χ1) is 16.3. The lowest BCUT2D eigenvalue weighted by Gasteiger charge is -2.42. The molecule has 0 radical (unpaired) electrons. The molecule has 2 heterocycles. The summed E-state index contributed by atoms with van der Waals surface area (Å²) in [4.78, 5) is 0. The average Bonchev–Trinajstić information content (AvgIpc) is 3.50. The molecule has 180 valence electrons. The molecule has 1 saturated heterocycles. The van der Waals surface area contributed by atoms with E-state index in [0.29, 0.717) is 29.4 Å². The molecule has 3 N–H and O–H groups in total. The van der Waals surface area contributed by atoms with Gasteiger partial charge in [0.1, 0.15) is 5.75 Å². The Morgan fingerprint density at radius 2 is 1.94 bits per heavy atom.